The molecule has 0 aliphatic carbocycles. The molecule has 2 rings (SSSR count). The Labute approximate surface area is 110 Å². The van der Waals surface area contributed by atoms with Crippen LogP contribution in [0.2, 0.25) is 0 Å². The monoisotopic (exact) mass is 290 g/mol. The second kappa shape index (κ2) is 5.32. The van der Waals surface area contributed by atoms with Crippen LogP contribution >= 0.6 is 15.9 Å². The van der Waals surface area contributed by atoms with Crippen molar-refractivity contribution < 1.29 is 0 Å². The van der Waals surface area contributed by atoms with Gasteiger partial charge in [0.2, 0.25) is 0 Å². The van der Waals surface area contributed by atoms with Crippen LogP contribution in [0.25, 0.3) is 0 Å². The third-order valence-corrected chi connectivity index (χ3v) is 3.52. The zero-order valence-corrected chi connectivity index (χ0v) is 11.6. The molecule has 0 spiro atoms. The highest BCUT2D eigenvalue weighted by molar-refractivity contribution is 9.10. The second-order valence-electron chi connectivity index (χ2n) is 3.90. The zero-order chi connectivity index (χ0) is 12.3. The zero-order valence-electron chi connectivity index (χ0n) is 10.00. The van der Waals surface area contributed by atoms with Gasteiger partial charge in [-0.1, -0.05) is 25.1 Å². The topological polar surface area (TPSA) is 24.9 Å². The van der Waals surface area contributed by atoms with Gasteiger partial charge in [-0.15, -0.1) is 0 Å². The Kier molecular flexibility index (Phi) is 3.79. The van der Waals surface area contributed by atoms with Gasteiger partial charge in [-0.2, -0.15) is 0 Å². The maximum Gasteiger partial charge on any atom is 0.130 e. The molecule has 1 heterocycles. The van der Waals surface area contributed by atoms with E-state index in [1.807, 2.05) is 25.1 Å². The van der Waals surface area contributed by atoms with Crippen molar-refractivity contribution in [1.82, 2.24) is 4.98 Å². The third kappa shape index (κ3) is 2.86. The molecule has 1 aromatic heterocycles. The molecule has 1 N–H and O–H groups in total. The number of anilines is 2. The van der Waals surface area contributed by atoms with Crippen molar-refractivity contribution in [3.8, 4) is 0 Å². The lowest BCUT2D eigenvalue weighted by atomic mass is 10.1. The summed E-state index contributed by atoms with van der Waals surface area (Å²) in [6.07, 6.45) is 1.01. The number of rotatable bonds is 3. The smallest absolute Gasteiger partial charge is 0.130 e. The van der Waals surface area contributed by atoms with Gasteiger partial charge in [0, 0.05) is 10.2 Å². The molecule has 3 heteroatoms. The summed E-state index contributed by atoms with van der Waals surface area (Å²) in [5.41, 5.74) is 3.42. The quantitative estimate of drug-likeness (QED) is 0.903. The average Bonchev–Trinajstić information content (AvgIpc) is 2.34. The van der Waals surface area contributed by atoms with E-state index in [2.05, 4.69) is 51.4 Å². The van der Waals surface area contributed by atoms with Crippen LogP contribution in [0.5, 0.6) is 0 Å². The summed E-state index contributed by atoms with van der Waals surface area (Å²) in [7, 11) is 0. The highest BCUT2D eigenvalue weighted by atomic mass is 79.9. The molecule has 0 radical (unpaired) electrons. The molecule has 2 aromatic rings. The van der Waals surface area contributed by atoms with Crippen LogP contribution in [0.4, 0.5) is 11.5 Å². The van der Waals surface area contributed by atoms with Gasteiger partial charge < -0.3 is 5.32 Å². The highest BCUT2D eigenvalue weighted by Gasteiger charge is 2.02. The number of hydrogen-bond acceptors (Lipinski definition) is 2. The molecule has 0 fully saturated rings. The van der Waals surface area contributed by atoms with E-state index in [9.17, 15) is 0 Å². The number of para-hydroxylation sites is 1. The lowest BCUT2D eigenvalue weighted by Gasteiger charge is -2.10. The van der Waals surface area contributed by atoms with Crippen LogP contribution in [0.15, 0.2) is 40.9 Å². The first-order valence-electron chi connectivity index (χ1n) is 5.68. The molecule has 0 aliphatic rings. The van der Waals surface area contributed by atoms with Crippen molar-refractivity contribution in [2.75, 3.05) is 5.32 Å². The maximum absolute atomic E-state index is 4.49. The number of aryl methyl sites for hydroxylation is 2. The molecular formula is C14H15BrN2. The molecule has 88 valence electrons. The number of benzene rings is 1. The molecule has 0 unspecified atom stereocenters. The van der Waals surface area contributed by atoms with Crippen molar-refractivity contribution in [3.05, 3.63) is 52.1 Å². The van der Waals surface area contributed by atoms with E-state index >= 15 is 0 Å². The predicted molar refractivity (Wildman–Crippen MR) is 75.8 cm³/mol. The molecule has 1 aromatic carbocycles. The number of hydrogen-bond donors (Lipinski definition) is 1. The summed E-state index contributed by atoms with van der Waals surface area (Å²) < 4.78 is 1.03. The van der Waals surface area contributed by atoms with E-state index in [-0.39, 0.29) is 0 Å². The van der Waals surface area contributed by atoms with Crippen molar-refractivity contribution in [2.45, 2.75) is 20.3 Å². The minimum Gasteiger partial charge on any atom is -0.340 e. The first kappa shape index (κ1) is 12.1. The number of aromatic nitrogens is 1. The van der Waals surface area contributed by atoms with E-state index in [1.165, 1.54) is 5.56 Å². The van der Waals surface area contributed by atoms with Crippen molar-refractivity contribution in [1.29, 1.82) is 0 Å². The standard InChI is InChI=1S/C14H15BrN2/c1-3-11-6-4-5-7-13(11)17-14-9-8-12(15)10(2)16-14/h4-9H,3H2,1-2H3,(H,16,17). The fraction of sp³-hybridized carbons (Fsp3) is 0.214. The molecular weight excluding hydrogens is 276 g/mol. The summed E-state index contributed by atoms with van der Waals surface area (Å²) >= 11 is 3.45. The van der Waals surface area contributed by atoms with Gasteiger partial charge in [0.25, 0.3) is 0 Å². The van der Waals surface area contributed by atoms with Gasteiger partial charge in [0.1, 0.15) is 5.82 Å². The number of nitrogens with one attached hydrogen (secondary N) is 1. The molecule has 0 aliphatic heterocycles. The van der Waals surface area contributed by atoms with Crippen molar-refractivity contribution >= 4 is 27.4 Å². The van der Waals surface area contributed by atoms with Gasteiger partial charge in [0.05, 0.1) is 5.69 Å². The summed E-state index contributed by atoms with van der Waals surface area (Å²) in [5, 5.41) is 3.36. The summed E-state index contributed by atoms with van der Waals surface area (Å²) in [4.78, 5) is 4.49. The second-order valence-corrected chi connectivity index (χ2v) is 4.75. The lowest BCUT2D eigenvalue weighted by molar-refractivity contribution is 1.13. The number of halogens is 1. The van der Waals surface area contributed by atoms with E-state index < -0.39 is 0 Å². The summed E-state index contributed by atoms with van der Waals surface area (Å²) in [6.45, 7) is 4.14. The van der Waals surface area contributed by atoms with Crippen LogP contribution in [-0.4, -0.2) is 4.98 Å². The third-order valence-electron chi connectivity index (χ3n) is 2.68. The lowest BCUT2D eigenvalue weighted by Crippen LogP contribution is -1.98. The van der Waals surface area contributed by atoms with Crippen LogP contribution in [0, 0.1) is 6.92 Å². The largest absolute Gasteiger partial charge is 0.340 e. The minimum atomic E-state index is 0.881. The molecule has 0 saturated carbocycles. The van der Waals surface area contributed by atoms with E-state index in [4.69, 9.17) is 0 Å². The van der Waals surface area contributed by atoms with Crippen LogP contribution in [0.3, 0.4) is 0 Å². The molecule has 0 bridgehead atoms. The van der Waals surface area contributed by atoms with E-state index in [0.717, 1.165) is 28.1 Å². The van der Waals surface area contributed by atoms with E-state index in [0.29, 0.717) is 0 Å². The Bertz CT molecular complexity index is 523. The van der Waals surface area contributed by atoms with Gasteiger partial charge in [-0.05, 0) is 53.0 Å². The Hall–Kier alpha value is -1.35. The average molecular weight is 291 g/mol. The van der Waals surface area contributed by atoms with Gasteiger partial charge >= 0.3 is 0 Å². The first-order chi connectivity index (χ1) is 8.20. The molecule has 0 saturated heterocycles. The molecule has 0 atom stereocenters. The molecule has 0 amide bonds. The van der Waals surface area contributed by atoms with Crippen LogP contribution in [0.1, 0.15) is 18.2 Å². The van der Waals surface area contributed by atoms with Crippen LogP contribution < -0.4 is 5.32 Å². The SMILES string of the molecule is CCc1ccccc1Nc1ccc(Br)c(C)n1. The van der Waals surface area contributed by atoms with Gasteiger partial charge in [-0.3, -0.25) is 0 Å². The Morgan fingerprint density at radius 3 is 2.65 bits per heavy atom. The number of nitrogens with zero attached hydrogens (tertiary/aromatic N) is 1. The Morgan fingerprint density at radius 1 is 1.18 bits per heavy atom. The highest BCUT2D eigenvalue weighted by Crippen LogP contribution is 2.22. The predicted octanol–water partition coefficient (Wildman–Crippen LogP) is 4.46. The van der Waals surface area contributed by atoms with Crippen molar-refractivity contribution in [2.24, 2.45) is 0 Å². The fourth-order valence-electron chi connectivity index (χ4n) is 1.70. The van der Waals surface area contributed by atoms with Gasteiger partial charge in [-0.25, -0.2) is 4.98 Å². The van der Waals surface area contributed by atoms with Crippen LogP contribution in [-0.2, 0) is 6.42 Å². The van der Waals surface area contributed by atoms with Crippen molar-refractivity contribution in [3.63, 3.8) is 0 Å². The normalized spacial score (nSPS) is 10.3. The Morgan fingerprint density at radius 2 is 1.94 bits per heavy atom. The Balaban J connectivity index is 2.28. The first-order valence-corrected chi connectivity index (χ1v) is 6.48. The van der Waals surface area contributed by atoms with E-state index in [1.54, 1.807) is 0 Å². The maximum atomic E-state index is 4.49. The molecule has 2 nitrogen and oxygen atoms in total. The fourth-order valence-corrected chi connectivity index (χ4v) is 1.92. The minimum absolute atomic E-state index is 0.881. The summed E-state index contributed by atoms with van der Waals surface area (Å²) in [5.74, 6) is 0.881. The van der Waals surface area contributed by atoms with Gasteiger partial charge in [0.15, 0.2) is 0 Å². The number of pyridine rings is 1. The summed E-state index contributed by atoms with van der Waals surface area (Å²) in [6, 6.07) is 12.3. The molecule has 17 heavy (non-hydrogen) atoms.